The molecule has 0 saturated heterocycles. The Bertz CT molecular complexity index is 1370. The minimum Gasteiger partial charge on any atom is -0.360 e. The van der Waals surface area contributed by atoms with E-state index in [-0.39, 0.29) is 17.6 Å². The molecular formula is C24H23ClN4O2S. The first kappa shape index (κ1) is 21.0. The van der Waals surface area contributed by atoms with E-state index in [1.807, 2.05) is 53.1 Å². The van der Waals surface area contributed by atoms with E-state index in [4.69, 9.17) is 28.3 Å². The van der Waals surface area contributed by atoms with Gasteiger partial charge >= 0.3 is 0 Å². The van der Waals surface area contributed by atoms with Crippen LogP contribution in [0.4, 0.5) is 5.69 Å². The molecular weight excluding hydrogens is 444 g/mol. The molecule has 0 aliphatic heterocycles. The SMILES string of the molecule is Cc1onc2c1c(=O)n(C1CCCC(NC(=S)Nc3ccccc3)C1)c1cccc(Cl)c21. The Labute approximate surface area is 195 Å². The van der Waals surface area contributed by atoms with Crippen molar-refractivity contribution in [2.45, 2.75) is 44.7 Å². The van der Waals surface area contributed by atoms with Crippen LogP contribution in [0.5, 0.6) is 0 Å². The van der Waals surface area contributed by atoms with Gasteiger partial charge in [0.1, 0.15) is 16.7 Å². The number of pyridine rings is 1. The normalized spacial score (nSPS) is 18.7. The lowest BCUT2D eigenvalue weighted by Crippen LogP contribution is -2.42. The number of nitrogens with one attached hydrogen (secondary N) is 2. The fourth-order valence-corrected chi connectivity index (χ4v) is 5.28. The van der Waals surface area contributed by atoms with Crippen molar-refractivity contribution in [2.24, 2.45) is 0 Å². The van der Waals surface area contributed by atoms with E-state index in [9.17, 15) is 4.79 Å². The molecule has 4 aromatic rings. The molecule has 1 aliphatic carbocycles. The zero-order chi connectivity index (χ0) is 22.2. The van der Waals surface area contributed by atoms with Crippen LogP contribution in [0.3, 0.4) is 0 Å². The molecule has 164 valence electrons. The summed E-state index contributed by atoms with van der Waals surface area (Å²) in [6.07, 6.45) is 3.68. The molecule has 2 atom stereocenters. The molecule has 1 fully saturated rings. The highest BCUT2D eigenvalue weighted by Gasteiger charge is 2.28. The Morgan fingerprint density at radius 2 is 1.97 bits per heavy atom. The third-order valence-electron chi connectivity index (χ3n) is 6.16. The highest BCUT2D eigenvalue weighted by atomic mass is 35.5. The minimum atomic E-state index is -0.0795. The molecule has 0 amide bonds. The van der Waals surface area contributed by atoms with Crippen molar-refractivity contribution in [1.29, 1.82) is 0 Å². The van der Waals surface area contributed by atoms with Gasteiger partial charge in [-0.15, -0.1) is 0 Å². The molecule has 2 aromatic heterocycles. The summed E-state index contributed by atoms with van der Waals surface area (Å²) in [5, 5.41) is 13.2. The number of anilines is 1. The van der Waals surface area contributed by atoms with Crippen LogP contribution in [0, 0.1) is 6.92 Å². The van der Waals surface area contributed by atoms with Crippen molar-refractivity contribution in [3.63, 3.8) is 0 Å². The molecule has 6 nitrogen and oxygen atoms in total. The van der Waals surface area contributed by atoms with Crippen LogP contribution in [0.2, 0.25) is 5.02 Å². The fraction of sp³-hybridized carbons (Fsp3) is 0.292. The summed E-state index contributed by atoms with van der Waals surface area (Å²) in [7, 11) is 0. The van der Waals surface area contributed by atoms with Crippen molar-refractivity contribution in [3.05, 3.63) is 69.7 Å². The molecule has 1 saturated carbocycles. The second-order valence-corrected chi connectivity index (χ2v) is 9.07. The second-order valence-electron chi connectivity index (χ2n) is 8.25. The first-order valence-corrected chi connectivity index (χ1v) is 11.5. The third-order valence-corrected chi connectivity index (χ3v) is 6.70. The van der Waals surface area contributed by atoms with E-state index in [1.165, 1.54) is 0 Å². The summed E-state index contributed by atoms with van der Waals surface area (Å²) in [5.74, 6) is 0.513. The maximum Gasteiger partial charge on any atom is 0.264 e. The maximum absolute atomic E-state index is 13.6. The van der Waals surface area contributed by atoms with Gasteiger partial charge in [-0.3, -0.25) is 4.79 Å². The van der Waals surface area contributed by atoms with Crippen molar-refractivity contribution < 1.29 is 4.52 Å². The van der Waals surface area contributed by atoms with Gasteiger partial charge in [-0.2, -0.15) is 0 Å². The predicted octanol–water partition coefficient (Wildman–Crippen LogP) is 5.57. The zero-order valence-electron chi connectivity index (χ0n) is 17.6. The van der Waals surface area contributed by atoms with Gasteiger partial charge in [0.2, 0.25) is 0 Å². The molecule has 2 heterocycles. The number of benzene rings is 2. The lowest BCUT2D eigenvalue weighted by Gasteiger charge is -2.32. The van der Waals surface area contributed by atoms with Gasteiger partial charge < -0.3 is 19.7 Å². The Morgan fingerprint density at radius 3 is 2.78 bits per heavy atom. The quantitative estimate of drug-likeness (QED) is 0.384. The van der Waals surface area contributed by atoms with Gasteiger partial charge in [-0.05, 0) is 69.1 Å². The lowest BCUT2D eigenvalue weighted by molar-refractivity contribution is 0.307. The minimum absolute atomic E-state index is 0.0212. The van der Waals surface area contributed by atoms with Crippen molar-refractivity contribution in [2.75, 3.05) is 5.32 Å². The second kappa shape index (κ2) is 8.56. The Kier molecular flexibility index (Phi) is 5.61. The number of para-hydroxylation sites is 1. The van der Waals surface area contributed by atoms with Crippen LogP contribution < -0.4 is 16.2 Å². The number of rotatable bonds is 3. The van der Waals surface area contributed by atoms with Gasteiger partial charge in [0.05, 0.1) is 10.5 Å². The molecule has 32 heavy (non-hydrogen) atoms. The Hall–Kier alpha value is -2.90. The molecule has 0 bridgehead atoms. The standard InChI is InChI=1S/C24H23ClN4O2S/c1-14-20-22(28-31-14)21-18(25)11-6-12-19(21)29(23(20)30)17-10-5-9-16(13-17)27-24(32)26-15-7-3-2-4-8-15/h2-4,6-8,11-12,16-17H,5,9-10,13H2,1H3,(H2,26,27,32). The predicted molar refractivity (Wildman–Crippen MR) is 133 cm³/mol. The van der Waals surface area contributed by atoms with Crippen LogP contribution in [0.15, 0.2) is 57.8 Å². The van der Waals surface area contributed by atoms with Crippen LogP contribution in [0.25, 0.3) is 21.8 Å². The van der Waals surface area contributed by atoms with Gasteiger partial charge in [0.25, 0.3) is 5.56 Å². The number of nitrogens with zero attached hydrogens (tertiary/aromatic N) is 2. The molecule has 8 heteroatoms. The molecule has 0 spiro atoms. The van der Waals surface area contributed by atoms with E-state index in [0.29, 0.717) is 26.8 Å². The number of aromatic nitrogens is 2. The Balaban J connectivity index is 1.48. The van der Waals surface area contributed by atoms with Gasteiger partial charge in [-0.1, -0.05) is 41.0 Å². The first-order valence-electron chi connectivity index (χ1n) is 10.7. The van der Waals surface area contributed by atoms with E-state index < -0.39 is 0 Å². The van der Waals surface area contributed by atoms with E-state index in [2.05, 4.69) is 15.8 Å². The number of hydrogen-bond donors (Lipinski definition) is 2. The molecule has 1 aliphatic rings. The van der Waals surface area contributed by atoms with Crippen molar-refractivity contribution in [3.8, 4) is 0 Å². The maximum atomic E-state index is 13.6. The monoisotopic (exact) mass is 466 g/mol. The number of thiocarbonyl (C=S) groups is 1. The van der Waals surface area contributed by atoms with Crippen LogP contribution in [-0.4, -0.2) is 20.9 Å². The highest BCUT2D eigenvalue weighted by Crippen LogP contribution is 2.35. The van der Waals surface area contributed by atoms with Crippen LogP contribution >= 0.6 is 23.8 Å². The number of fused-ring (bicyclic) bond motifs is 3. The fourth-order valence-electron chi connectivity index (χ4n) is 4.74. The smallest absolute Gasteiger partial charge is 0.264 e. The molecule has 2 unspecified atom stereocenters. The summed E-state index contributed by atoms with van der Waals surface area (Å²) in [6.45, 7) is 1.77. The number of hydrogen-bond acceptors (Lipinski definition) is 4. The van der Waals surface area contributed by atoms with Crippen molar-refractivity contribution >= 4 is 56.4 Å². The lowest BCUT2D eigenvalue weighted by atomic mass is 9.90. The summed E-state index contributed by atoms with van der Waals surface area (Å²) in [5.41, 5.74) is 2.19. The van der Waals surface area contributed by atoms with E-state index in [0.717, 1.165) is 42.3 Å². The molecule has 2 aromatic carbocycles. The number of aryl methyl sites for hydroxylation is 1. The van der Waals surface area contributed by atoms with Gasteiger partial charge in [0, 0.05) is 23.2 Å². The van der Waals surface area contributed by atoms with Crippen molar-refractivity contribution in [1.82, 2.24) is 15.0 Å². The zero-order valence-corrected chi connectivity index (χ0v) is 19.2. The summed E-state index contributed by atoms with van der Waals surface area (Å²) >= 11 is 12.1. The van der Waals surface area contributed by atoms with Gasteiger partial charge in [0.15, 0.2) is 5.11 Å². The summed E-state index contributed by atoms with van der Waals surface area (Å²) in [6, 6.07) is 15.7. The average Bonchev–Trinajstić information content (AvgIpc) is 3.16. The largest absolute Gasteiger partial charge is 0.360 e. The Morgan fingerprint density at radius 1 is 1.16 bits per heavy atom. The van der Waals surface area contributed by atoms with E-state index in [1.54, 1.807) is 6.92 Å². The topological polar surface area (TPSA) is 72.1 Å². The van der Waals surface area contributed by atoms with Gasteiger partial charge in [-0.25, -0.2) is 0 Å². The van der Waals surface area contributed by atoms with Crippen LogP contribution in [0.1, 0.15) is 37.5 Å². The van der Waals surface area contributed by atoms with E-state index >= 15 is 0 Å². The number of halogens is 1. The molecule has 2 N–H and O–H groups in total. The first-order chi connectivity index (χ1) is 15.5. The summed E-state index contributed by atoms with van der Waals surface area (Å²) in [4.78, 5) is 13.6. The molecule has 0 radical (unpaired) electrons. The third kappa shape index (κ3) is 3.76. The van der Waals surface area contributed by atoms with Crippen LogP contribution in [-0.2, 0) is 0 Å². The summed E-state index contributed by atoms with van der Waals surface area (Å²) < 4.78 is 7.26. The average molecular weight is 467 g/mol. The molecule has 5 rings (SSSR count). The highest BCUT2D eigenvalue weighted by molar-refractivity contribution is 7.80.